The number of carboxylic acid groups (broad SMARTS) is 1. The van der Waals surface area contributed by atoms with E-state index in [2.05, 4.69) is 0 Å². The Morgan fingerprint density at radius 2 is 1.95 bits per heavy atom. The second-order valence-electron chi connectivity index (χ2n) is 5.03. The summed E-state index contributed by atoms with van der Waals surface area (Å²) in [5.74, 6) is -0.962. The zero-order valence-corrected chi connectivity index (χ0v) is 12.0. The van der Waals surface area contributed by atoms with Crippen molar-refractivity contribution >= 4 is 21.5 Å². The topological polar surface area (TPSA) is 74.7 Å². The molecule has 1 aliphatic rings. The number of carboxylic acids is 1. The first-order valence-electron chi connectivity index (χ1n) is 6.05. The molecule has 104 valence electrons. The maximum Gasteiger partial charge on any atom is 0.323 e. The van der Waals surface area contributed by atoms with Crippen LogP contribution in [0.2, 0.25) is 0 Å². The molecule has 6 heteroatoms. The van der Waals surface area contributed by atoms with Crippen LogP contribution in [0.1, 0.15) is 18.1 Å². The number of carbonyl (C=O) groups is 1. The van der Waals surface area contributed by atoms with Gasteiger partial charge in [0, 0.05) is 6.54 Å². The SMILES string of the molecule is Cc1cc2c(cc1C)S(=O)(=O)C(C)CN2CC(=O)O. The zero-order chi connectivity index (χ0) is 14.4. The lowest BCUT2D eigenvalue weighted by molar-refractivity contribution is -0.135. The molecule has 0 saturated heterocycles. The van der Waals surface area contributed by atoms with E-state index < -0.39 is 21.1 Å². The number of hydrogen-bond donors (Lipinski definition) is 1. The van der Waals surface area contributed by atoms with Crippen LogP contribution in [-0.2, 0) is 14.6 Å². The maximum atomic E-state index is 12.3. The molecule has 0 fully saturated rings. The largest absolute Gasteiger partial charge is 0.480 e. The molecule has 1 aliphatic heterocycles. The monoisotopic (exact) mass is 283 g/mol. The highest BCUT2D eigenvalue weighted by Gasteiger charge is 2.35. The van der Waals surface area contributed by atoms with Crippen LogP contribution in [0, 0.1) is 13.8 Å². The van der Waals surface area contributed by atoms with Gasteiger partial charge >= 0.3 is 5.97 Å². The molecule has 5 nitrogen and oxygen atoms in total. The lowest BCUT2D eigenvalue weighted by atomic mass is 10.1. The van der Waals surface area contributed by atoms with Crippen molar-refractivity contribution in [2.24, 2.45) is 0 Å². The van der Waals surface area contributed by atoms with Gasteiger partial charge in [0.15, 0.2) is 9.84 Å². The molecule has 0 bridgehead atoms. The second-order valence-corrected chi connectivity index (χ2v) is 7.37. The Bertz CT molecular complexity index is 636. The Balaban J connectivity index is 2.64. The molecule has 1 heterocycles. The van der Waals surface area contributed by atoms with Crippen LogP contribution in [0.4, 0.5) is 5.69 Å². The molecule has 0 radical (unpaired) electrons. The van der Waals surface area contributed by atoms with Gasteiger partial charge in [-0.25, -0.2) is 8.42 Å². The average Bonchev–Trinajstić information content (AvgIpc) is 2.28. The van der Waals surface area contributed by atoms with Crippen molar-refractivity contribution < 1.29 is 18.3 Å². The summed E-state index contributed by atoms with van der Waals surface area (Å²) < 4.78 is 24.6. The fourth-order valence-electron chi connectivity index (χ4n) is 2.29. The Morgan fingerprint density at radius 3 is 2.53 bits per heavy atom. The third kappa shape index (κ3) is 2.32. The predicted molar refractivity (Wildman–Crippen MR) is 72.4 cm³/mol. The summed E-state index contributed by atoms with van der Waals surface area (Å²) in [5.41, 5.74) is 2.36. The second kappa shape index (κ2) is 4.52. The Labute approximate surface area is 112 Å². The molecule has 1 aromatic carbocycles. The Morgan fingerprint density at radius 1 is 1.37 bits per heavy atom. The molecule has 0 aromatic heterocycles. The Hall–Kier alpha value is -1.56. The van der Waals surface area contributed by atoms with Crippen molar-refractivity contribution in [2.75, 3.05) is 18.0 Å². The summed E-state index contributed by atoms with van der Waals surface area (Å²) in [6.07, 6.45) is 0. The number of hydrogen-bond acceptors (Lipinski definition) is 4. The standard InChI is InChI=1S/C13H17NO4S/c1-8-4-11-12(5-9(8)2)19(17,18)10(3)6-14(11)7-13(15)16/h4-5,10H,6-7H2,1-3H3,(H,15,16). The van der Waals surface area contributed by atoms with Crippen LogP contribution in [0.5, 0.6) is 0 Å². The van der Waals surface area contributed by atoms with E-state index in [0.29, 0.717) is 5.69 Å². The number of sulfone groups is 1. The van der Waals surface area contributed by atoms with E-state index in [1.54, 1.807) is 24.0 Å². The number of anilines is 1. The first-order chi connectivity index (χ1) is 8.73. The van der Waals surface area contributed by atoms with E-state index in [1.807, 2.05) is 13.8 Å². The molecule has 0 saturated carbocycles. The maximum absolute atomic E-state index is 12.3. The third-order valence-corrected chi connectivity index (χ3v) is 5.70. The molecule has 1 atom stereocenters. The zero-order valence-electron chi connectivity index (χ0n) is 11.2. The number of nitrogens with zero attached hydrogens (tertiary/aromatic N) is 1. The quantitative estimate of drug-likeness (QED) is 0.887. The van der Waals surface area contributed by atoms with Crippen LogP contribution in [0.25, 0.3) is 0 Å². The van der Waals surface area contributed by atoms with Gasteiger partial charge in [0.1, 0.15) is 6.54 Å². The van der Waals surface area contributed by atoms with Crippen molar-refractivity contribution in [1.29, 1.82) is 0 Å². The summed E-state index contributed by atoms with van der Waals surface area (Å²) >= 11 is 0. The van der Waals surface area contributed by atoms with E-state index in [4.69, 9.17) is 5.11 Å². The summed E-state index contributed by atoms with van der Waals surface area (Å²) in [5, 5.41) is 8.34. The molecule has 1 unspecified atom stereocenters. The van der Waals surface area contributed by atoms with Crippen LogP contribution < -0.4 is 4.90 Å². The van der Waals surface area contributed by atoms with Gasteiger partial charge in [-0.2, -0.15) is 0 Å². The number of fused-ring (bicyclic) bond motifs is 1. The van der Waals surface area contributed by atoms with Crippen LogP contribution in [0.15, 0.2) is 17.0 Å². The van der Waals surface area contributed by atoms with Gasteiger partial charge in [-0.1, -0.05) is 0 Å². The van der Waals surface area contributed by atoms with Crippen molar-refractivity contribution in [3.05, 3.63) is 23.3 Å². The minimum atomic E-state index is -3.36. The summed E-state index contributed by atoms with van der Waals surface area (Å²) in [7, 11) is -3.36. The highest BCUT2D eigenvalue weighted by atomic mass is 32.2. The number of rotatable bonds is 2. The van der Waals surface area contributed by atoms with Crippen LogP contribution in [-0.4, -0.2) is 37.8 Å². The normalized spacial score (nSPS) is 21.0. The fourth-order valence-corrected chi connectivity index (χ4v) is 3.92. The summed E-state index contributed by atoms with van der Waals surface area (Å²) in [6, 6.07) is 3.40. The van der Waals surface area contributed by atoms with Gasteiger partial charge in [-0.05, 0) is 44.0 Å². The molecule has 0 spiro atoms. The first-order valence-corrected chi connectivity index (χ1v) is 7.60. The number of benzene rings is 1. The molecular formula is C13H17NO4S. The molecule has 0 aliphatic carbocycles. The molecular weight excluding hydrogens is 266 g/mol. The molecule has 1 N–H and O–H groups in total. The van der Waals surface area contributed by atoms with Crippen molar-refractivity contribution in [1.82, 2.24) is 0 Å². The fraction of sp³-hybridized carbons (Fsp3) is 0.462. The van der Waals surface area contributed by atoms with Crippen molar-refractivity contribution in [2.45, 2.75) is 30.9 Å². The van der Waals surface area contributed by atoms with E-state index in [-0.39, 0.29) is 18.0 Å². The number of aliphatic carboxylic acids is 1. The molecule has 0 amide bonds. The van der Waals surface area contributed by atoms with Gasteiger partial charge in [-0.15, -0.1) is 0 Å². The summed E-state index contributed by atoms with van der Waals surface area (Å²) in [4.78, 5) is 12.8. The molecule has 2 rings (SSSR count). The minimum absolute atomic E-state index is 0.185. The predicted octanol–water partition coefficient (Wildman–Crippen LogP) is 1.37. The lowest BCUT2D eigenvalue weighted by Crippen LogP contribution is -2.43. The van der Waals surface area contributed by atoms with Gasteiger partial charge < -0.3 is 10.0 Å². The van der Waals surface area contributed by atoms with E-state index in [0.717, 1.165) is 11.1 Å². The van der Waals surface area contributed by atoms with Crippen molar-refractivity contribution in [3.8, 4) is 0 Å². The van der Waals surface area contributed by atoms with Gasteiger partial charge in [0.05, 0.1) is 15.8 Å². The van der Waals surface area contributed by atoms with Gasteiger partial charge in [-0.3, -0.25) is 4.79 Å². The van der Waals surface area contributed by atoms with Gasteiger partial charge in [0.25, 0.3) is 0 Å². The van der Waals surface area contributed by atoms with Gasteiger partial charge in [0.2, 0.25) is 0 Å². The highest BCUT2D eigenvalue weighted by Crippen LogP contribution is 2.35. The molecule has 1 aromatic rings. The third-order valence-electron chi connectivity index (χ3n) is 3.56. The molecule has 19 heavy (non-hydrogen) atoms. The van der Waals surface area contributed by atoms with E-state index >= 15 is 0 Å². The Kier molecular flexibility index (Phi) is 3.30. The minimum Gasteiger partial charge on any atom is -0.480 e. The smallest absolute Gasteiger partial charge is 0.323 e. The first kappa shape index (κ1) is 13.9. The van der Waals surface area contributed by atoms with Crippen LogP contribution in [0.3, 0.4) is 0 Å². The lowest BCUT2D eigenvalue weighted by Gasteiger charge is -2.34. The van der Waals surface area contributed by atoms with Crippen LogP contribution >= 0.6 is 0 Å². The van der Waals surface area contributed by atoms with E-state index in [1.165, 1.54) is 0 Å². The van der Waals surface area contributed by atoms with E-state index in [9.17, 15) is 13.2 Å². The number of aryl methyl sites for hydroxylation is 2. The highest BCUT2D eigenvalue weighted by molar-refractivity contribution is 7.92. The summed E-state index contributed by atoms with van der Waals surface area (Å²) in [6.45, 7) is 5.38. The van der Waals surface area contributed by atoms with Crippen molar-refractivity contribution in [3.63, 3.8) is 0 Å². The average molecular weight is 283 g/mol.